The van der Waals surface area contributed by atoms with Crippen molar-refractivity contribution in [3.63, 3.8) is 0 Å². The third-order valence-electron chi connectivity index (χ3n) is 4.91. The highest BCUT2D eigenvalue weighted by Gasteiger charge is 2.24. The second kappa shape index (κ2) is 6.10. The minimum atomic E-state index is 0.329. The Morgan fingerprint density at radius 1 is 1.09 bits per heavy atom. The molecule has 3 aromatic rings. The van der Waals surface area contributed by atoms with Crippen molar-refractivity contribution >= 4 is 31.6 Å². The number of ether oxygens (including phenoxy) is 1. The largest absolute Gasteiger partial charge is 0.490 e. The van der Waals surface area contributed by atoms with Gasteiger partial charge in [-0.3, -0.25) is 0 Å². The topological polar surface area (TPSA) is 25.4 Å². The van der Waals surface area contributed by atoms with E-state index < -0.39 is 0 Å². The van der Waals surface area contributed by atoms with Crippen molar-refractivity contribution in [2.75, 3.05) is 14.1 Å². The maximum Gasteiger partial charge on any atom is 0.132 e. The molecule has 23 heavy (non-hydrogen) atoms. The van der Waals surface area contributed by atoms with E-state index in [2.05, 4.69) is 48.2 Å². The van der Waals surface area contributed by atoms with Gasteiger partial charge in [-0.05, 0) is 51.9 Å². The van der Waals surface area contributed by atoms with E-state index in [-0.39, 0.29) is 0 Å². The number of nitrogens with zero attached hydrogens (tertiary/aromatic N) is 2. The van der Waals surface area contributed by atoms with E-state index in [9.17, 15) is 0 Å². The van der Waals surface area contributed by atoms with Crippen LogP contribution in [0.15, 0.2) is 36.5 Å². The summed E-state index contributed by atoms with van der Waals surface area (Å²) in [5, 5.41) is 2.44. The molecule has 0 atom stereocenters. The summed E-state index contributed by atoms with van der Waals surface area (Å²) in [7, 11) is 4.35. The first-order chi connectivity index (χ1) is 11.2. The molecule has 4 heteroatoms. The second-order valence-electron chi connectivity index (χ2n) is 6.60. The second-order valence-corrected chi connectivity index (χ2v) is 7.63. The molecular weight excluding hydrogens is 304 g/mol. The number of hydrogen-bond acceptors (Lipinski definition) is 4. The number of aromatic nitrogens is 1. The third kappa shape index (κ3) is 2.81. The molecule has 3 nitrogen and oxygen atoms in total. The van der Waals surface area contributed by atoms with Gasteiger partial charge in [0.05, 0.1) is 11.5 Å². The van der Waals surface area contributed by atoms with Crippen LogP contribution in [-0.4, -0.2) is 36.1 Å². The van der Waals surface area contributed by atoms with E-state index in [1.165, 1.54) is 28.3 Å². The lowest BCUT2D eigenvalue weighted by Gasteiger charge is -2.32. The number of hydrogen-bond donors (Lipinski definition) is 0. The average molecular weight is 326 g/mol. The molecule has 1 saturated carbocycles. The quantitative estimate of drug-likeness (QED) is 0.697. The molecule has 0 radical (unpaired) electrons. The average Bonchev–Trinajstić information content (AvgIpc) is 2.95. The van der Waals surface area contributed by atoms with Gasteiger partial charge in [0.2, 0.25) is 0 Å². The van der Waals surface area contributed by atoms with E-state index in [0.29, 0.717) is 12.1 Å². The van der Waals surface area contributed by atoms with Gasteiger partial charge in [-0.2, -0.15) is 0 Å². The number of fused-ring (bicyclic) bond motifs is 3. The Balaban J connectivity index is 1.62. The van der Waals surface area contributed by atoms with Gasteiger partial charge in [-0.25, -0.2) is 4.98 Å². The Morgan fingerprint density at radius 3 is 2.65 bits per heavy atom. The first-order valence-electron chi connectivity index (χ1n) is 8.31. The highest BCUT2D eigenvalue weighted by molar-refractivity contribution is 7.25. The highest BCUT2D eigenvalue weighted by Crippen LogP contribution is 2.39. The predicted octanol–water partition coefficient (Wildman–Crippen LogP) is 4.70. The van der Waals surface area contributed by atoms with E-state index in [1.807, 2.05) is 12.3 Å². The van der Waals surface area contributed by atoms with Crippen molar-refractivity contribution in [2.45, 2.75) is 37.8 Å². The fourth-order valence-electron chi connectivity index (χ4n) is 3.57. The molecule has 1 aromatic carbocycles. The van der Waals surface area contributed by atoms with Crippen LogP contribution in [0, 0.1) is 0 Å². The zero-order valence-electron chi connectivity index (χ0n) is 13.7. The molecule has 2 aromatic heterocycles. The summed E-state index contributed by atoms with van der Waals surface area (Å²) in [4.78, 5) is 7.95. The smallest absolute Gasteiger partial charge is 0.132 e. The summed E-state index contributed by atoms with van der Waals surface area (Å²) in [6.07, 6.45) is 6.91. The van der Waals surface area contributed by atoms with Crippen LogP contribution in [0.5, 0.6) is 5.75 Å². The molecule has 2 heterocycles. The Hall–Kier alpha value is -1.65. The number of benzene rings is 1. The van der Waals surface area contributed by atoms with Crippen molar-refractivity contribution < 1.29 is 4.74 Å². The Morgan fingerprint density at radius 2 is 1.87 bits per heavy atom. The van der Waals surface area contributed by atoms with Gasteiger partial charge in [0.15, 0.2) is 0 Å². The van der Waals surface area contributed by atoms with Gasteiger partial charge in [-0.1, -0.05) is 18.2 Å². The van der Waals surface area contributed by atoms with Gasteiger partial charge < -0.3 is 9.64 Å². The van der Waals surface area contributed by atoms with Crippen molar-refractivity contribution in [2.24, 2.45) is 0 Å². The first-order valence-corrected chi connectivity index (χ1v) is 9.13. The number of pyridine rings is 1. The van der Waals surface area contributed by atoms with E-state index in [4.69, 9.17) is 4.74 Å². The van der Waals surface area contributed by atoms with Crippen LogP contribution >= 0.6 is 11.3 Å². The van der Waals surface area contributed by atoms with E-state index in [1.54, 1.807) is 11.3 Å². The Bertz CT molecular complexity index is 818. The fourth-order valence-corrected chi connectivity index (χ4v) is 4.64. The molecule has 0 bridgehead atoms. The van der Waals surface area contributed by atoms with E-state index >= 15 is 0 Å². The van der Waals surface area contributed by atoms with Crippen LogP contribution in [-0.2, 0) is 0 Å². The molecule has 0 amide bonds. The Kier molecular flexibility index (Phi) is 3.95. The summed E-state index contributed by atoms with van der Waals surface area (Å²) in [5.74, 6) is 1.00. The van der Waals surface area contributed by atoms with Gasteiger partial charge >= 0.3 is 0 Å². The van der Waals surface area contributed by atoms with Crippen molar-refractivity contribution in [1.29, 1.82) is 0 Å². The summed E-state index contributed by atoms with van der Waals surface area (Å²) < 4.78 is 7.69. The van der Waals surface area contributed by atoms with Crippen molar-refractivity contribution in [1.82, 2.24) is 9.88 Å². The monoisotopic (exact) mass is 326 g/mol. The molecule has 4 rings (SSSR count). The van der Waals surface area contributed by atoms with Crippen LogP contribution in [0.1, 0.15) is 25.7 Å². The molecule has 0 aliphatic heterocycles. The predicted molar refractivity (Wildman–Crippen MR) is 97.5 cm³/mol. The molecule has 1 aliphatic carbocycles. The molecule has 1 fully saturated rings. The summed E-state index contributed by atoms with van der Waals surface area (Å²) in [6.45, 7) is 0. The normalized spacial score (nSPS) is 22.0. The lowest BCUT2D eigenvalue weighted by Crippen LogP contribution is -2.35. The van der Waals surface area contributed by atoms with Crippen LogP contribution in [0.3, 0.4) is 0 Å². The third-order valence-corrected chi connectivity index (χ3v) is 5.99. The summed E-state index contributed by atoms with van der Waals surface area (Å²) >= 11 is 1.74. The Labute approximate surface area is 140 Å². The van der Waals surface area contributed by atoms with Crippen LogP contribution < -0.4 is 4.74 Å². The number of rotatable bonds is 3. The highest BCUT2D eigenvalue weighted by atomic mass is 32.1. The molecule has 0 saturated heterocycles. The first kappa shape index (κ1) is 14.9. The standard InChI is InChI=1S/C19H22N2OS/c1-21(2)13-7-9-14(10-8-13)22-16-11-12-20-19-18(16)15-5-3-4-6-17(15)23-19/h3-6,11-14H,7-10H2,1-2H3/t13-,14-. The lowest BCUT2D eigenvalue weighted by molar-refractivity contribution is 0.112. The number of thiophene rings is 1. The molecule has 0 spiro atoms. The van der Waals surface area contributed by atoms with Crippen LogP contribution in [0.2, 0.25) is 0 Å². The molecule has 0 N–H and O–H groups in total. The van der Waals surface area contributed by atoms with Crippen molar-refractivity contribution in [3.05, 3.63) is 36.5 Å². The van der Waals surface area contributed by atoms with Gasteiger partial charge in [-0.15, -0.1) is 11.3 Å². The SMILES string of the molecule is CN(C)[C@H]1CC[C@H](Oc2ccnc3sc4ccccc4c23)CC1. The van der Waals surface area contributed by atoms with Crippen LogP contribution in [0.25, 0.3) is 20.3 Å². The van der Waals surface area contributed by atoms with Gasteiger partial charge in [0.1, 0.15) is 10.6 Å². The maximum absolute atomic E-state index is 6.41. The molecule has 1 aliphatic rings. The molecule has 120 valence electrons. The fraction of sp³-hybridized carbons (Fsp3) is 0.421. The van der Waals surface area contributed by atoms with Gasteiger partial charge in [0, 0.05) is 22.3 Å². The summed E-state index contributed by atoms with van der Waals surface area (Å²) in [5.41, 5.74) is 0. The minimum Gasteiger partial charge on any atom is -0.490 e. The molecular formula is C19H22N2OS. The summed E-state index contributed by atoms with van der Waals surface area (Å²) in [6, 6.07) is 11.2. The van der Waals surface area contributed by atoms with Gasteiger partial charge in [0.25, 0.3) is 0 Å². The van der Waals surface area contributed by atoms with Crippen LogP contribution in [0.4, 0.5) is 0 Å². The maximum atomic E-state index is 6.41. The molecule has 0 unspecified atom stereocenters. The van der Waals surface area contributed by atoms with E-state index in [0.717, 1.165) is 23.4 Å². The van der Waals surface area contributed by atoms with Crippen molar-refractivity contribution in [3.8, 4) is 5.75 Å². The minimum absolute atomic E-state index is 0.329. The zero-order valence-corrected chi connectivity index (χ0v) is 14.5. The lowest BCUT2D eigenvalue weighted by atomic mass is 9.92. The zero-order chi connectivity index (χ0) is 15.8.